The summed E-state index contributed by atoms with van der Waals surface area (Å²) in [7, 11) is 0. The SMILES string of the molecule is CCOc1ccc(-c2cn3ccccc3c2C(=O)O)cc1C(C)(C)C. The van der Waals surface area contributed by atoms with Gasteiger partial charge in [-0.2, -0.15) is 0 Å². The van der Waals surface area contributed by atoms with Crippen LogP contribution in [0, 0.1) is 0 Å². The molecule has 0 spiro atoms. The van der Waals surface area contributed by atoms with Crippen LogP contribution >= 0.6 is 0 Å². The third-order valence-corrected chi connectivity index (χ3v) is 4.30. The van der Waals surface area contributed by atoms with Gasteiger partial charge in [0.1, 0.15) is 5.75 Å². The quantitative estimate of drug-likeness (QED) is 0.729. The Morgan fingerprint density at radius 3 is 2.60 bits per heavy atom. The number of ether oxygens (including phenoxy) is 1. The molecule has 4 heteroatoms. The lowest BCUT2D eigenvalue weighted by atomic mass is 9.84. The van der Waals surface area contributed by atoms with Crippen molar-refractivity contribution < 1.29 is 14.6 Å². The van der Waals surface area contributed by atoms with Gasteiger partial charge in [-0.05, 0) is 42.2 Å². The number of carbonyl (C=O) groups is 1. The van der Waals surface area contributed by atoms with Crippen LogP contribution in [0.5, 0.6) is 5.75 Å². The van der Waals surface area contributed by atoms with E-state index in [9.17, 15) is 9.90 Å². The van der Waals surface area contributed by atoms with E-state index in [0.717, 1.165) is 16.9 Å². The second kappa shape index (κ2) is 6.28. The topological polar surface area (TPSA) is 50.9 Å². The minimum absolute atomic E-state index is 0.108. The standard InChI is InChI=1S/C21H23NO3/c1-5-25-18-10-9-14(12-16(18)21(2,3)4)15-13-22-11-7-6-8-17(22)19(15)20(23)24/h6-13H,5H2,1-4H3,(H,23,24). The van der Waals surface area contributed by atoms with Gasteiger partial charge in [0.2, 0.25) is 0 Å². The minimum Gasteiger partial charge on any atom is -0.494 e. The van der Waals surface area contributed by atoms with E-state index in [2.05, 4.69) is 20.8 Å². The van der Waals surface area contributed by atoms with Crippen LogP contribution in [0.15, 0.2) is 48.8 Å². The maximum Gasteiger partial charge on any atom is 0.338 e. The number of pyridine rings is 1. The Labute approximate surface area is 147 Å². The molecule has 4 nitrogen and oxygen atoms in total. The maximum absolute atomic E-state index is 11.9. The predicted octanol–water partition coefficient (Wildman–Crippen LogP) is 5.00. The zero-order valence-corrected chi connectivity index (χ0v) is 15.0. The van der Waals surface area contributed by atoms with Gasteiger partial charge in [0.25, 0.3) is 0 Å². The van der Waals surface area contributed by atoms with Crippen molar-refractivity contribution in [3.8, 4) is 16.9 Å². The number of hydrogen-bond acceptors (Lipinski definition) is 2. The van der Waals surface area contributed by atoms with Crippen LogP contribution in [0.3, 0.4) is 0 Å². The first-order valence-electron chi connectivity index (χ1n) is 8.43. The van der Waals surface area contributed by atoms with Gasteiger partial charge in [0, 0.05) is 23.5 Å². The van der Waals surface area contributed by atoms with E-state index in [1.54, 1.807) is 0 Å². The lowest BCUT2D eigenvalue weighted by Crippen LogP contribution is -2.13. The van der Waals surface area contributed by atoms with E-state index in [1.165, 1.54) is 0 Å². The van der Waals surface area contributed by atoms with Crippen LogP contribution < -0.4 is 4.74 Å². The fourth-order valence-electron chi connectivity index (χ4n) is 3.13. The fraction of sp³-hybridized carbons (Fsp3) is 0.286. The Kier molecular flexibility index (Phi) is 4.29. The third-order valence-electron chi connectivity index (χ3n) is 4.30. The van der Waals surface area contributed by atoms with Crippen molar-refractivity contribution in [1.29, 1.82) is 0 Å². The van der Waals surface area contributed by atoms with Gasteiger partial charge in [0.05, 0.1) is 17.7 Å². The van der Waals surface area contributed by atoms with E-state index < -0.39 is 5.97 Å². The number of hydrogen-bond donors (Lipinski definition) is 1. The monoisotopic (exact) mass is 337 g/mol. The number of fused-ring (bicyclic) bond motifs is 1. The second-order valence-electron chi connectivity index (χ2n) is 7.11. The molecule has 0 unspecified atom stereocenters. The Morgan fingerprint density at radius 2 is 1.96 bits per heavy atom. The van der Waals surface area contributed by atoms with Crippen LogP contribution in [0.4, 0.5) is 0 Å². The number of nitrogens with zero attached hydrogens (tertiary/aromatic N) is 1. The highest BCUT2D eigenvalue weighted by Crippen LogP contribution is 2.37. The van der Waals surface area contributed by atoms with Gasteiger partial charge in [-0.1, -0.05) is 32.9 Å². The summed E-state index contributed by atoms with van der Waals surface area (Å²) in [5, 5.41) is 9.74. The molecule has 1 N–H and O–H groups in total. The summed E-state index contributed by atoms with van der Waals surface area (Å²) >= 11 is 0. The summed E-state index contributed by atoms with van der Waals surface area (Å²) < 4.78 is 7.62. The molecule has 25 heavy (non-hydrogen) atoms. The van der Waals surface area contributed by atoms with Crippen molar-refractivity contribution in [3.05, 3.63) is 59.9 Å². The van der Waals surface area contributed by atoms with Gasteiger partial charge in [-0.25, -0.2) is 4.79 Å². The van der Waals surface area contributed by atoms with Gasteiger partial charge in [-0.15, -0.1) is 0 Å². The van der Waals surface area contributed by atoms with E-state index in [4.69, 9.17) is 4.74 Å². The van der Waals surface area contributed by atoms with Crippen molar-refractivity contribution in [2.75, 3.05) is 6.61 Å². The van der Waals surface area contributed by atoms with E-state index in [1.807, 2.05) is 60.1 Å². The van der Waals surface area contributed by atoms with Crippen molar-refractivity contribution in [2.24, 2.45) is 0 Å². The molecular formula is C21H23NO3. The van der Waals surface area contributed by atoms with E-state index in [0.29, 0.717) is 23.3 Å². The van der Waals surface area contributed by atoms with Gasteiger partial charge in [-0.3, -0.25) is 0 Å². The summed E-state index contributed by atoms with van der Waals surface area (Å²) in [6.45, 7) is 8.94. The Morgan fingerprint density at radius 1 is 1.20 bits per heavy atom. The molecular weight excluding hydrogens is 314 g/mol. The largest absolute Gasteiger partial charge is 0.494 e. The number of carboxylic acids is 1. The number of carboxylic acid groups (broad SMARTS) is 1. The molecule has 130 valence electrons. The normalized spacial score (nSPS) is 11.7. The molecule has 0 atom stereocenters. The average molecular weight is 337 g/mol. The summed E-state index contributed by atoms with van der Waals surface area (Å²) in [4.78, 5) is 11.9. The molecule has 0 radical (unpaired) electrons. The Bertz CT molecular complexity index is 932. The molecule has 3 aromatic rings. The zero-order chi connectivity index (χ0) is 18.2. The highest BCUT2D eigenvalue weighted by Gasteiger charge is 2.23. The lowest BCUT2D eigenvalue weighted by molar-refractivity contribution is 0.0700. The number of rotatable bonds is 4. The first-order valence-corrected chi connectivity index (χ1v) is 8.43. The van der Waals surface area contributed by atoms with Crippen molar-refractivity contribution in [3.63, 3.8) is 0 Å². The molecule has 0 aliphatic rings. The smallest absolute Gasteiger partial charge is 0.338 e. The number of aromatic nitrogens is 1. The Balaban J connectivity index is 2.25. The van der Waals surface area contributed by atoms with Gasteiger partial charge >= 0.3 is 5.97 Å². The predicted molar refractivity (Wildman–Crippen MR) is 99.7 cm³/mol. The third kappa shape index (κ3) is 3.12. The number of aromatic carboxylic acids is 1. The minimum atomic E-state index is -0.921. The van der Waals surface area contributed by atoms with Crippen LogP contribution in [0.25, 0.3) is 16.6 Å². The first kappa shape index (κ1) is 17.1. The van der Waals surface area contributed by atoms with Crippen LogP contribution in [0.1, 0.15) is 43.6 Å². The molecule has 0 saturated carbocycles. The zero-order valence-electron chi connectivity index (χ0n) is 15.0. The summed E-state index contributed by atoms with van der Waals surface area (Å²) in [6.07, 6.45) is 3.74. The molecule has 0 amide bonds. The molecule has 0 fully saturated rings. The summed E-state index contributed by atoms with van der Waals surface area (Å²) in [6, 6.07) is 11.5. The molecule has 1 aromatic carbocycles. The number of benzene rings is 1. The van der Waals surface area contributed by atoms with E-state index in [-0.39, 0.29) is 5.41 Å². The van der Waals surface area contributed by atoms with Gasteiger partial charge in [0.15, 0.2) is 0 Å². The highest BCUT2D eigenvalue weighted by atomic mass is 16.5. The molecule has 0 bridgehead atoms. The lowest BCUT2D eigenvalue weighted by Gasteiger charge is -2.23. The van der Waals surface area contributed by atoms with Crippen LogP contribution in [-0.4, -0.2) is 22.1 Å². The first-order chi connectivity index (χ1) is 11.8. The van der Waals surface area contributed by atoms with Crippen molar-refractivity contribution in [2.45, 2.75) is 33.1 Å². The van der Waals surface area contributed by atoms with Gasteiger partial charge < -0.3 is 14.2 Å². The molecule has 2 heterocycles. The maximum atomic E-state index is 11.9. The van der Waals surface area contributed by atoms with E-state index >= 15 is 0 Å². The molecule has 2 aromatic heterocycles. The summed E-state index contributed by atoms with van der Waals surface area (Å²) in [5.74, 6) is -0.0747. The molecule has 3 rings (SSSR count). The van der Waals surface area contributed by atoms with Crippen LogP contribution in [0.2, 0.25) is 0 Å². The summed E-state index contributed by atoms with van der Waals surface area (Å²) in [5.41, 5.74) is 3.57. The van der Waals surface area contributed by atoms with Crippen molar-refractivity contribution in [1.82, 2.24) is 4.40 Å². The second-order valence-corrected chi connectivity index (χ2v) is 7.11. The van der Waals surface area contributed by atoms with Crippen molar-refractivity contribution >= 4 is 11.5 Å². The molecule has 0 aliphatic carbocycles. The highest BCUT2D eigenvalue weighted by molar-refractivity contribution is 6.03. The van der Waals surface area contributed by atoms with Crippen LogP contribution in [-0.2, 0) is 5.41 Å². The molecule has 0 aliphatic heterocycles. The molecule has 0 saturated heterocycles. The Hall–Kier alpha value is -2.75. The average Bonchev–Trinajstić information content (AvgIpc) is 2.94. The fourth-order valence-corrected chi connectivity index (χ4v) is 3.13.